The summed E-state index contributed by atoms with van der Waals surface area (Å²) in [4.78, 5) is 6.20. The second-order valence-electron chi connectivity index (χ2n) is 9.45. The second kappa shape index (κ2) is 6.97. The minimum atomic E-state index is -0.525. The smallest absolute Gasteiger partial charge is 0.205 e. The highest BCUT2D eigenvalue weighted by Crippen LogP contribution is 2.53. The molecule has 3 heteroatoms. The van der Waals surface area contributed by atoms with E-state index in [4.69, 9.17) is 4.74 Å². The fraction of sp³-hybridized carbons (Fsp3) is 0.200. The van der Waals surface area contributed by atoms with Crippen LogP contribution in [-0.4, -0.2) is 23.5 Å². The number of likely N-dealkylation sites (N-methyl/N-ethyl adjacent to an activating group) is 1. The fourth-order valence-corrected chi connectivity index (χ4v) is 6.13. The highest BCUT2D eigenvalue weighted by molar-refractivity contribution is 5.89. The summed E-state index contributed by atoms with van der Waals surface area (Å²) >= 11 is 0. The zero-order valence-corrected chi connectivity index (χ0v) is 18.7. The molecule has 0 amide bonds. The SMILES string of the molecule is CN1CCc2c([nH]c3ccccc23)[C@@]12C[C@@H](c1ccccc1)c1c(ccc3ccccc13)O2. The number of aromatic nitrogens is 1. The van der Waals surface area contributed by atoms with Gasteiger partial charge in [0.25, 0.3) is 0 Å². The maximum atomic E-state index is 7.08. The lowest BCUT2D eigenvalue weighted by atomic mass is 9.77. The summed E-state index contributed by atoms with van der Waals surface area (Å²) in [7, 11) is 2.21. The van der Waals surface area contributed by atoms with E-state index in [-0.39, 0.29) is 5.92 Å². The first kappa shape index (κ1) is 19.0. The Balaban J connectivity index is 1.51. The first-order valence-corrected chi connectivity index (χ1v) is 11.8. The molecule has 0 bridgehead atoms. The third kappa shape index (κ3) is 2.66. The van der Waals surface area contributed by atoms with Crippen molar-refractivity contribution in [2.24, 2.45) is 0 Å². The molecule has 0 radical (unpaired) electrons. The van der Waals surface area contributed by atoms with Gasteiger partial charge in [-0.25, -0.2) is 0 Å². The molecule has 1 spiro atoms. The van der Waals surface area contributed by atoms with Gasteiger partial charge < -0.3 is 9.72 Å². The quantitative estimate of drug-likeness (QED) is 0.325. The lowest BCUT2D eigenvalue weighted by molar-refractivity contribution is -0.107. The number of hydrogen-bond acceptors (Lipinski definition) is 2. The maximum absolute atomic E-state index is 7.08. The Labute approximate surface area is 193 Å². The van der Waals surface area contributed by atoms with Gasteiger partial charge in [-0.15, -0.1) is 0 Å². The molecule has 3 heterocycles. The summed E-state index contributed by atoms with van der Waals surface area (Å²) in [6.07, 6.45) is 1.90. The predicted octanol–water partition coefficient (Wildman–Crippen LogP) is 6.58. The minimum Gasteiger partial charge on any atom is -0.466 e. The molecule has 1 aromatic heterocycles. The van der Waals surface area contributed by atoms with E-state index in [1.807, 2.05) is 0 Å². The summed E-state index contributed by atoms with van der Waals surface area (Å²) in [5.74, 6) is 1.23. The van der Waals surface area contributed by atoms with Crippen molar-refractivity contribution in [3.05, 3.63) is 113 Å². The molecule has 5 aromatic rings. The van der Waals surface area contributed by atoms with Gasteiger partial charge in [0.1, 0.15) is 5.75 Å². The van der Waals surface area contributed by atoms with Gasteiger partial charge in [0.15, 0.2) is 0 Å². The van der Waals surface area contributed by atoms with Crippen LogP contribution in [0.3, 0.4) is 0 Å². The summed E-state index contributed by atoms with van der Waals surface area (Å²) in [5.41, 5.74) is 5.94. The van der Waals surface area contributed by atoms with E-state index < -0.39 is 5.72 Å². The Morgan fingerprint density at radius 2 is 1.61 bits per heavy atom. The molecular weight excluding hydrogens is 404 g/mol. The van der Waals surface area contributed by atoms with Gasteiger partial charge in [-0.3, -0.25) is 4.90 Å². The number of para-hydroxylation sites is 1. The van der Waals surface area contributed by atoms with Gasteiger partial charge in [-0.2, -0.15) is 0 Å². The molecule has 0 saturated carbocycles. The number of nitrogens with one attached hydrogen (secondary N) is 1. The van der Waals surface area contributed by atoms with E-state index in [1.165, 1.54) is 44.1 Å². The first-order valence-electron chi connectivity index (χ1n) is 11.8. The number of aromatic amines is 1. The van der Waals surface area contributed by atoms with Crippen molar-refractivity contribution < 1.29 is 4.74 Å². The van der Waals surface area contributed by atoms with Crippen molar-refractivity contribution in [1.82, 2.24) is 9.88 Å². The molecule has 4 aromatic carbocycles. The molecule has 0 unspecified atom stereocenters. The van der Waals surface area contributed by atoms with Crippen LogP contribution in [0.25, 0.3) is 21.7 Å². The Hall–Kier alpha value is -3.56. The number of hydrogen-bond donors (Lipinski definition) is 1. The number of rotatable bonds is 1. The van der Waals surface area contributed by atoms with E-state index in [9.17, 15) is 0 Å². The van der Waals surface area contributed by atoms with E-state index in [0.717, 1.165) is 25.1 Å². The fourth-order valence-electron chi connectivity index (χ4n) is 6.13. The van der Waals surface area contributed by atoms with E-state index in [2.05, 4.69) is 108 Å². The predicted molar refractivity (Wildman–Crippen MR) is 134 cm³/mol. The van der Waals surface area contributed by atoms with E-state index >= 15 is 0 Å². The summed E-state index contributed by atoms with van der Waals surface area (Å²) < 4.78 is 7.08. The summed E-state index contributed by atoms with van der Waals surface area (Å²) in [5, 5.41) is 3.87. The van der Waals surface area contributed by atoms with Crippen LogP contribution in [0.15, 0.2) is 91.0 Å². The number of nitrogens with zero attached hydrogens (tertiary/aromatic N) is 1. The second-order valence-corrected chi connectivity index (χ2v) is 9.45. The van der Waals surface area contributed by atoms with Gasteiger partial charge in [-0.05, 0) is 47.5 Å². The van der Waals surface area contributed by atoms with Crippen molar-refractivity contribution in [3.8, 4) is 5.75 Å². The van der Waals surface area contributed by atoms with Crippen molar-refractivity contribution in [1.29, 1.82) is 0 Å². The molecule has 0 aliphatic carbocycles. The Bertz CT molecular complexity index is 1500. The first-order chi connectivity index (χ1) is 16.2. The van der Waals surface area contributed by atoms with Crippen LogP contribution in [0.4, 0.5) is 0 Å². The van der Waals surface area contributed by atoms with Crippen LogP contribution in [-0.2, 0) is 12.1 Å². The van der Waals surface area contributed by atoms with Gasteiger partial charge in [-0.1, -0.05) is 78.9 Å². The molecule has 33 heavy (non-hydrogen) atoms. The highest BCUT2D eigenvalue weighted by Gasteiger charge is 2.50. The van der Waals surface area contributed by atoms with E-state index in [0.29, 0.717) is 0 Å². The molecule has 2 atom stereocenters. The van der Waals surface area contributed by atoms with Crippen LogP contribution < -0.4 is 4.74 Å². The number of ether oxygens (including phenoxy) is 1. The average molecular weight is 431 g/mol. The average Bonchev–Trinajstić information content (AvgIpc) is 3.26. The molecule has 3 nitrogen and oxygen atoms in total. The minimum absolute atomic E-state index is 0.237. The third-order valence-corrected chi connectivity index (χ3v) is 7.76. The standard InChI is InChI=1S/C30H26N2O/c1-32-18-17-24-23-13-7-8-14-26(23)31-29(24)30(32)19-25(20-9-3-2-4-10-20)28-22-12-6-5-11-21(22)15-16-27(28)33-30/h2-16,25,31H,17-19H2,1H3/t25-,30-/m0/s1. The molecule has 2 aliphatic rings. The molecule has 2 aliphatic heterocycles. The zero-order chi connectivity index (χ0) is 22.0. The van der Waals surface area contributed by atoms with Crippen LogP contribution >= 0.6 is 0 Å². The maximum Gasteiger partial charge on any atom is 0.205 e. The molecule has 7 rings (SSSR count). The van der Waals surface area contributed by atoms with Crippen LogP contribution in [0, 0.1) is 0 Å². The molecule has 0 fully saturated rings. The monoisotopic (exact) mass is 430 g/mol. The summed E-state index contributed by atoms with van der Waals surface area (Å²) in [6, 6.07) is 32.7. The van der Waals surface area contributed by atoms with Crippen molar-refractivity contribution >= 4 is 21.7 Å². The van der Waals surface area contributed by atoms with Crippen LogP contribution in [0.1, 0.15) is 34.7 Å². The molecule has 1 N–H and O–H groups in total. The Kier molecular flexibility index (Phi) is 4.00. The van der Waals surface area contributed by atoms with Crippen LogP contribution in [0.5, 0.6) is 5.75 Å². The van der Waals surface area contributed by atoms with Gasteiger partial charge in [0.2, 0.25) is 5.72 Å². The van der Waals surface area contributed by atoms with Crippen molar-refractivity contribution in [2.75, 3.05) is 13.6 Å². The van der Waals surface area contributed by atoms with Crippen molar-refractivity contribution in [3.63, 3.8) is 0 Å². The Morgan fingerprint density at radius 3 is 2.48 bits per heavy atom. The Morgan fingerprint density at radius 1 is 0.848 bits per heavy atom. The lowest BCUT2D eigenvalue weighted by Gasteiger charge is -2.49. The number of fused-ring (bicyclic) bond motifs is 7. The third-order valence-electron chi connectivity index (χ3n) is 7.76. The van der Waals surface area contributed by atoms with E-state index in [1.54, 1.807) is 0 Å². The normalized spacial score (nSPS) is 22.3. The van der Waals surface area contributed by atoms with Crippen molar-refractivity contribution in [2.45, 2.75) is 24.5 Å². The van der Waals surface area contributed by atoms with Gasteiger partial charge in [0, 0.05) is 35.3 Å². The topological polar surface area (TPSA) is 28.3 Å². The van der Waals surface area contributed by atoms with Crippen LogP contribution in [0.2, 0.25) is 0 Å². The lowest BCUT2D eigenvalue weighted by Crippen LogP contribution is -2.55. The van der Waals surface area contributed by atoms with Gasteiger partial charge in [0.05, 0.1) is 5.69 Å². The molecule has 0 saturated heterocycles. The number of benzene rings is 4. The zero-order valence-electron chi connectivity index (χ0n) is 18.7. The molecule has 162 valence electrons. The largest absolute Gasteiger partial charge is 0.466 e. The highest BCUT2D eigenvalue weighted by atomic mass is 16.5. The van der Waals surface area contributed by atoms with Gasteiger partial charge >= 0.3 is 0 Å². The number of H-pyrrole nitrogens is 1. The molecular formula is C30H26N2O. The summed E-state index contributed by atoms with van der Waals surface area (Å²) in [6.45, 7) is 0.971.